The Balaban J connectivity index is 1.42. The zero-order valence-electron chi connectivity index (χ0n) is 12.9. The molecule has 1 N–H and O–H groups in total. The predicted molar refractivity (Wildman–Crippen MR) is 91.0 cm³/mol. The van der Waals surface area contributed by atoms with Gasteiger partial charge in [0.1, 0.15) is 5.75 Å². The van der Waals surface area contributed by atoms with Crippen molar-refractivity contribution in [2.24, 2.45) is 0 Å². The molecule has 122 valence electrons. The van der Waals surface area contributed by atoms with Crippen molar-refractivity contribution in [3.63, 3.8) is 0 Å². The zero-order valence-corrected chi connectivity index (χ0v) is 13.7. The Hall–Kier alpha value is -2.80. The van der Waals surface area contributed by atoms with Gasteiger partial charge in [0, 0.05) is 12.1 Å². The van der Waals surface area contributed by atoms with Gasteiger partial charge in [-0.2, -0.15) is 0 Å². The minimum Gasteiger partial charge on any atom is -0.484 e. The van der Waals surface area contributed by atoms with Crippen LogP contribution in [0.3, 0.4) is 0 Å². The summed E-state index contributed by atoms with van der Waals surface area (Å²) in [6.07, 6.45) is 0. The van der Waals surface area contributed by atoms with E-state index in [-0.39, 0.29) is 19.3 Å². The van der Waals surface area contributed by atoms with Crippen LogP contribution in [0.15, 0.2) is 36.4 Å². The molecule has 1 amide bonds. The quantitative estimate of drug-likeness (QED) is 0.787. The smallest absolute Gasteiger partial charge is 0.264 e. The lowest BCUT2D eigenvalue weighted by Crippen LogP contribution is -2.19. The highest BCUT2D eigenvalue weighted by Gasteiger charge is 2.17. The number of benzene rings is 2. The molecule has 24 heavy (non-hydrogen) atoms. The first-order valence-electron chi connectivity index (χ1n) is 7.37. The summed E-state index contributed by atoms with van der Waals surface area (Å²) in [6.45, 7) is 2.16. The number of carbonyl (C=O) groups excluding carboxylic acids is 1. The topological polar surface area (TPSA) is 69.7 Å². The molecule has 3 aromatic rings. The first-order chi connectivity index (χ1) is 11.7. The Morgan fingerprint density at radius 2 is 2.00 bits per heavy atom. The summed E-state index contributed by atoms with van der Waals surface area (Å²) >= 11 is 1.38. The van der Waals surface area contributed by atoms with Crippen LogP contribution < -0.4 is 19.5 Å². The molecule has 2 heterocycles. The SMILES string of the molecule is Cc1ccc(OCC(=O)Nc2nc3cc4c(cc3s2)OCO4)cc1. The number of anilines is 1. The van der Waals surface area contributed by atoms with Gasteiger partial charge in [-0.1, -0.05) is 29.0 Å². The second kappa shape index (κ2) is 6.01. The van der Waals surface area contributed by atoms with Crippen LogP contribution in [0.25, 0.3) is 10.2 Å². The van der Waals surface area contributed by atoms with Gasteiger partial charge < -0.3 is 14.2 Å². The number of fused-ring (bicyclic) bond motifs is 2. The van der Waals surface area contributed by atoms with Gasteiger partial charge in [0.05, 0.1) is 10.2 Å². The monoisotopic (exact) mass is 342 g/mol. The van der Waals surface area contributed by atoms with Crippen molar-refractivity contribution in [1.82, 2.24) is 4.98 Å². The lowest BCUT2D eigenvalue weighted by Gasteiger charge is -2.05. The molecule has 0 aliphatic carbocycles. The molecule has 1 aliphatic rings. The number of aryl methyl sites for hydroxylation is 1. The minimum absolute atomic E-state index is 0.0677. The molecule has 0 fully saturated rings. The van der Waals surface area contributed by atoms with Crippen molar-refractivity contribution in [1.29, 1.82) is 0 Å². The summed E-state index contributed by atoms with van der Waals surface area (Å²) in [5, 5.41) is 3.27. The standard InChI is InChI=1S/C17H14N2O4S/c1-10-2-4-11(5-3-10)21-8-16(20)19-17-18-12-6-13-14(23-9-22-13)7-15(12)24-17/h2-7H,8-9H2,1H3,(H,18,19,20). The average molecular weight is 342 g/mol. The number of carbonyl (C=O) groups is 1. The molecule has 1 aromatic heterocycles. The second-order valence-electron chi connectivity index (χ2n) is 5.34. The second-order valence-corrected chi connectivity index (χ2v) is 6.37. The maximum Gasteiger partial charge on any atom is 0.264 e. The predicted octanol–water partition coefficient (Wildman–Crippen LogP) is 3.35. The Bertz CT molecular complexity index is 864. The van der Waals surface area contributed by atoms with Crippen LogP contribution in [0.4, 0.5) is 5.13 Å². The lowest BCUT2D eigenvalue weighted by atomic mass is 10.2. The molecule has 4 rings (SSSR count). The number of nitrogens with zero attached hydrogens (tertiary/aromatic N) is 1. The number of ether oxygens (including phenoxy) is 3. The summed E-state index contributed by atoms with van der Waals surface area (Å²) in [5.41, 5.74) is 1.90. The third-order valence-corrected chi connectivity index (χ3v) is 4.45. The van der Waals surface area contributed by atoms with E-state index < -0.39 is 0 Å². The Kier molecular flexibility index (Phi) is 3.70. The molecule has 0 spiro atoms. The molecule has 7 heteroatoms. The fraction of sp³-hybridized carbons (Fsp3) is 0.176. The van der Waals surface area contributed by atoms with Gasteiger partial charge in [-0.15, -0.1) is 0 Å². The van der Waals surface area contributed by atoms with Crippen molar-refractivity contribution in [2.75, 3.05) is 18.7 Å². The van der Waals surface area contributed by atoms with E-state index in [9.17, 15) is 4.79 Å². The molecule has 0 saturated heterocycles. The van der Waals surface area contributed by atoms with Gasteiger partial charge >= 0.3 is 0 Å². The van der Waals surface area contributed by atoms with E-state index >= 15 is 0 Å². The van der Waals surface area contributed by atoms with Crippen molar-refractivity contribution in [3.8, 4) is 17.2 Å². The first-order valence-corrected chi connectivity index (χ1v) is 8.18. The minimum atomic E-state index is -0.255. The van der Waals surface area contributed by atoms with E-state index in [1.54, 1.807) is 0 Å². The van der Waals surface area contributed by atoms with Gasteiger partial charge in [0.15, 0.2) is 23.2 Å². The summed E-state index contributed by atoms with van der Waals surface area (Å²) < 4.78 is 17.1. The highest BCUT2D eigenvalue weighted by atomic mass is 32.1. The van der Waals surface area contributed by atoms with E-state index in [1.165, 1.54) is 11.3 Å². The van der Waals surface area contributed by atoms with Gasteiger partial charge in [0.25, 0.3) is 5.91 Å². The molecule has 0 atom stereocenters. The molecule has 2 aromatic carbocycles. The van der Waals surface area contributed by atoms with Crippen LogP contribution in [0.1, 0.15) is 5.56 Å². The van der Waals surface area contributed by atoms with Crippen LogP contribution in [0.2, 0.25) is 0 Å². The highest BCUT2D eigenvalue weighted by molar-refractivity contribution is 7.22. The van der Waals surface area contributed by atoms with E-state index in [0.29, 0.717) is 22.4 Å². The fourth-order valence-electron chi connectivity index (χ4n) is 2.31. The third-order valence-electron chi connectivity index (χ3n) is 3.52. The van der Waals surface area contributed by atoms with Crippen LogP contribution >= 0.6 is 11.3 Å². The summed E-state index contributed by atoms with van der Waals surface area (Å²) in [4.78, 5) is 16.4. The molecule has 0 radical (unpaired) electrons. The number of amides is 1. The Labute approximate surface area is 142 Å². The van der Waals surface area contributed by atoms with Gasteiger partial charge in [0.2, 0.25) is 6.79 Å². The van der Waals surface area contributed by atoms with Gasteiger partial charge in [-0.25, -0.2) is 4.98 Å². The summed E-state index contributed by atoms with van der Waals surface area (Å²) in [7, 11) is 0. The number of thiazole rings is 1. The van der Waals surface area contributed by atoms with Crippen molar-refractivity contribution in [3.05, 3.63) is 42.0 Å². The zero-order chi connectivity index (χ0) is 16.5. The normalized spacial score (nSPS) is 12.4. The van der Waals surface area contributed by atoms with Crippen molar-refractivity contribution < 1.29 is 19.0 Å². The molecule has 0 saturated carbocycles. The van der Waals surface area contributed by atoms with Crippen LogP contribution in [0, 0.1) is 6.92 Å². The van der Waals surface area contributed by atoms with Crippen LogP contribution in [-0.2, 0) is 4.79 Å². The number of aromatic nitrogens is 1. The third kappa shape index (κ3) is 2.98. The fourth-order valence-corrected chi connectivity index (χ4v) is 3.20. The maximum absolute atomic E-state index is 12.0. The molecular formula is C17H14N2O4S. The number of nitrogens with one attached hydrogen (secondary N) is 1. The summed E-state index contributed by atoms with van der Waals surface area (Å²) in [6, 6.07) is 11.2. The number of hydrogen-bond acceptors (Lipinski definition) is 6. The lowest BCUT2D eigenvalue weighted by molar-refractivity contribution is -0.118. The molecule has 6 nitrogen and oxygen atoms in total. The van der Waals surface area contributed by atoms with Gasteiger partial charge in [-0.05, 0) is 19.1 Å². The molecular weight excluding hydrogens is 328 g/mol. The average Bonchev–Trinajstić information content (AvgIpc) is 3.17. The maximum atomic E-state index is 12.0. The van der Waals surface area contributed by atoms with Crippen molar-refractivity contribution >= 4 is 32.6 Å². The molecule has 1 aliphatic heterocycles. The van der Waals surface area contributed by atoms with Crippen molar-refractivity contribution in [2.45, 2.75) is 6.92 Å². The largest absolute Gasteiger partial charge is 0.484 e. The number of hydrogen-bond donors (Lipinski definition) is 1. The summed E-state index contributed by atoms with van der Waals surface area (Å²) in [5.74, 6) is 1.78. The Morgan fingerprint density at radius 1 is 1.25 bits per heavy atom. The van der Waals surface area contributed by atoms with Crippen LogP contribution in [0.5, 0.6) is 17.2 Å². The van der Waals surface area contributed by atoms with E-state index in [1.807, 2.05) is 43.3 Å². The number of rotatable bonds is 4. The van der Waals surface area contributed by atoms with Crippen LogP contribution in [-0.4, -0.2) is 24.3 Å². The molecule has 0 unspecified atom stereocenters. The van der Waals surface area contributed by atoms with E-state index in [0.717, 1.165) is 15.8 Å². The molecule has 0 bridgehead atoms. The van der Waals surface area contributed by atoms with E-state index in [4.69, 9.17) is 14.2 Å². The Morgan fingerprint density at radius 3 is 2.79 bits per heavy atom. The highest BCUT2D eigenvalue weighted by Crippen LogP contribution is 2.38. The van der Waals surface area contributed by atoms with E-state index in [2.05, 4.69) is 10.3 Å². The first kappa shape index (κ1) is 14.8. The van der Waals surface area contributed by atoms with Gasteiger partial charge in [-0.3, -0.25) is 10.1 Å².